The summed E-state index contributed by atoms with van der Waals surface area (Å²) >= 11 is 0. The van der Waals surface area contributed by atoms with Crippen molar-refractivity contribution >= 4 is 0 Å². The van der Waals surface area contributed by atoms with Crippen LogP contribution in [0.1, 0.15) is 43.2 Å². The number of rotatable bonds is 2. The van der Waals surface area contributed by atoms with E-state index in [0.717, 1.165) is 5.56 Å². The van der Waals surface area contributed by atoms with Gasteiger partial charge in [0.15, 0.2) is 5.41 Å². The average Bonchev–Trinajstić information content (AvgIpc) is 3.04. The minimum absolute atomic E-state index is 0.115. The predicted molar refractivity (Wildman–Crippen MR) is 61.5 cm³/mol. The lowest BCUT2D eigenvalue weighted by atomic mass is 9.97. The Kier molecular flexibility index (Phi) is 2.44. The summed E-state index contributed by atoms with van der Waals surface area (Å²) in [5, 5.41) is 17.9. The van der Waals surface area contributed by atoms with E-state index in [0.29, 0.717) is 12.3 Å². The maximum absolute atomic E-state index is 8.96. The van der Waals surface area contributed by atoms with Crippen LogP contribution in [0.15, 0.2) is 24.3 Å². The highest BCUT2D eigenvalue weighted by Gasteiger charge is 2.56. The second-order valence-electron chi connectivity index (χ2n) is 4.77. The van der Waals surface area contributed by atoms with E-state index in [-0.39, 0.29) is 5.92 Å². The van der Waals surface area contributed by atoms with Gasteiger partial charge in [-0.15, -0.1) is 0 Å². The highest BCUT2D eigenvalue weighted by atomic mass is 14.6. The first-order valence-electron chi connectivity index (χ1n) is 5.55. The lowest BCUT2D eigenvalue weighted by Gasteiger charge is -2.06. The Balaban J connectivity index is 2.21. The van der Waals surface area contributed by atoms with E-state index in [2.05, 4.69) is 50.3 Å². The van der Waals surface area contributed by atoms with Gasteiger partial charge in [-0.3, -0.25) is 0 Å². The summed E-state index contributed by atoms with van der Waals surface area (Å²) in [5.41, 5.74) is 1.66. The normalized spacial score (nSPS) is 21.2. The molecular weight excluding hydrogens is 196 g/mol. The van der Waals surface area contributed by atoms with Crippen molar-refractivity contribution in [3.63, 3.8) is 0 Å². The van der Waals surface area contributed by atoms with Gasteiger partial charge in [0.1, 0.15) is 0 Å². The second kappa shape index (κ2) is 3.65. The van der Waals surface area contributed by atoms with E-state index in [1.165, 1.54) is 5.56 Å². The van der Waals surface area contributed by atoms with Gasteiger partial charge < -0.3 is 0 Å². The SMILES string of the molecule is CC(C)c1ccc(C2CC2(C#N)C#N)cc1. The van der Waals surface area contributed by atoms with Gasteiger partial charge in [-0.25, -0.2) is 0 Å². The Hall–Kier alpha value is -1.80. The van der Waals surface area contributed by atoms with Crippen LogP contribution in [0.25, 0.3) is 0 Å². The summed E-state index contributed by atoms with van der Waals surface area (Å²) < 4.78 is 0. The largest absolute Gasteiger partial charge is 0.197 e. The molecule has 1 saturated carbocycles. The number of nitrogens with zero attached hydrogens (tertiary/aromatic N) is 2. The standard InChI is InChI=1S/C14H14N2/c1-10(2)11-3-5-12(6-4-11)13-7-14(13,8-15)9-16/h3-6,10,13H,7H2,1-2H3. The predicted octanol–water partition coefficient (Wildman–Crippen LogP) is 3.33. The molecule has 0 bridgehead atoms. The van der Waals surface area contributed by atoms with Gasteiger partial charge in [0, 0.05) is 5.92 Å². The van der Waals surface area contributed by atoms with Crippen molar-refractivity contribution in [2.45, 2.75) is 32.1 Å². The fraction of sp³-hybridized carbons (Fsp3) is 0.429. The van der Waals surface area contributed by atoms with E-state index in [9.17, 15) is 0 Å². The first kappa shape index (κ1) is 10.7. The second-order valence-corrected chi connectivity index (χ2v) is 4.77. The molecule has 0 aliphatic heterocycles. The minimum Gasteiger partial charge on any atom is -0.197 e. The number of hydrogen-bond donors (Lipinski definition) is 0. The van der Waals surface area contributed by atoms with Crippen LogP contribution in [0, 0.1) is 28.1 Å². The molecule has 0 heterocycles. The zero-order valence-electron chi connectivity index (χ0n) is 9.57. The van der Waals surface area contributed by atoms with Gasteiger partial charge in [0.2, 0.25) is 0 Å². The van der Waals surface area contributed by atoms with Crippen LogP contribution in [0.4, 0.5) is 0 Å². The van der Waals surface area contributed by atoms with Crippen LogP contribution < -0.4 is 0 Å². The quantitative estimate of drug-likeness (QED) is 0.751. The molecule has 1 aliphatic carbocycles. The third-order valence-electron chi connectivity index (χ3n) is 3.37. The molecule has 0 amide bonds. The summed E-state index contributed by atoms with van der Waals surface area (Å²) in [6.45, 7) is 4.31. The van der Waals surface area contributed by atoms with Crippen LogP contribution >= 0.6 is 0 Å². The van der Waals surface area contributed by atoms with E-state index in [4.69, 9.17) is 10.5 Å². The molecule has 80 valence electrons. The van der Waals surface area contributed by atoms with Crippen LogP contribution in [-0.4, -0.2) is 0 Å². The smallest absolute Gasteiger partial charge is 0.151 e. The molecule has 2 heteroatoms. The molecular formula is C14H14N2. The molecule has 0 radical (unpaired) electrons. The fourth-order valence-corrected chi connectivity index (χ4v) is 2.05. The molecule has 1 unspecified atom stereocenters. The molecule has 0 aromatic heterocycles. The van der Waals surface area contributed by atoms with Crippen molar-refractivity contribution < 1.29 is 0 Å². The maximum Gasteiger partial charge on any atom is 0.151 e. The van der Waals surface area contributed by atoms with Crippen molar-refractivity contribution in [3.8, 4) is 12.1 Å². The lowest BCUT2D eigenvalue weighted by molar-refractivity contribution is 0.835. The summed E-state index contributed by atoms with van der Waals surface area (Å²) in [6.07, 6.45) is 0.682. The van der Waals surface area contributed by atoms with Gasteiger partial charge in [0.05, 0.1) is 12.1 Å². The summed E-state index contributed by atoms with van der Waals surface area (Å²) in [6, 6.07) is 12.5. The third-order valence-corrected chi connectivity index (χ3v) is 3.37. The Bertz CT molecular complexity index is 457. The van der Waals surface area contributed by atoms with Crippen molar-refractivity contribution in [1.82, 2.24) is 0 Å². The van der Waals surface area contributed by atoms with Gasteiger partial charge in [-0.2, -0.15) is 10.5 Å². The van der Waals surface area contributed by atoms with Crippen LogP contribution in [0.5, 0.6) is 0 Å². The molecule has 0 spiro atoms. The zero-order chi connectivity index (χ0) is 11.8. The molecule has 1 aromatic rings. The maximum atomic E-state index is 8.96. The molecule has 2 nitrogen and oxygen atoms in total. The van der Waals surface area contributed by atoms with Crippen molar-refractivity contribution in [2.75, 3.05) is 0 Å². The first-order valence-corrected chi connectivity index (χ1v) is 5.55. The van der Waals surface area contributed by atoms with E-state index >= 15 is 0 Å². The fourth-order valence-electron chi connectivity index (χ4n) is 2.05. The van der Waals surface area contributed by atoms with Crippen LogP contribution in [-0.2, 0) is 0 Å². The topological polar surface area (TPSA) is 47.6 Å². The van der Waals surface area contributed by atoms with Gasteiger partial charge in [0.25, 0.3) is 0 Å². The summed E-state index contributed by atoms with van der Waals surface area (Å²) in [5.74, 6) is 0.633. The average molecular weight is 210 g/mol. The van der Waals surface area contributed by atoms with Gasteiger partial charge >= 0.3 is 0 Å². The van der Waals surface area contributed by atoms with E-state index in [1.54, 1.807) is 0 Å². The third kappa shape index (κ3) is 1.57. The molecule has 1 fully saturated rings. The first-order chi connectivity index (χ1) is 7.63. The molecule has 0 saturated heterocycles. The monoisotopic (exact) mass is 210 g/mol. The number of nitriles is 2. The molecule has 2 rings (SSSR count). The highest BCUT2D eigenvalue weighted by Crippen LogP contribution is 2.58. The minimum atomic E-state index is -0.751. The van der Waals surface area contributed by atoms with Crippen molar-refractivity contribution in [1.29, 1.82) is 10.5 Å². The number of hydrogen-bond acceptors (Lipinski definition) is 2. The molecule has 0 N–H and O–H groups in total. The Labute approximate surface area is 96.1 Å². The Morgan fingerprint density at radius 3 is 2.12 bits per heavy atom. The zero-order valence-corrected chi connectivity index (χ0v) is 9.57. The molecule has 1 aromatic carbocycles. The van der Waals surface area contributed by atoms with Gasteiger partial charge in [-0.1, -0.05) is 38.1 Å². The molecule has 1 aliphatic rings. The Morgan fingerprint density at radius 1 is 1.19 bits per heavy atom. The molecule has 16 heavy (non-hydrogen) atoms. The van der Waals surface area contributed by atoms with Crippen molar-refractivity contribution in [3.05, 3.63) is 35.4 Å². The van der Waals surface area contributed by atoms with Crippen molar-refractivity contribution in [2.24, 2.45) is 5.41 Å². The van der Waals surface area contributed by atoms with Crippen LogP contribution in [0.2, 0.25) is 0 Å². The van der Waals surface area contributed by atoms with E-state index < -0.39 is 5.41 Å². The highest BCUT2D eigenvalue weighted by molar-refractivity contribution is 5.42. The number of benzene rings is 1. The van der Waals surface area contributed by atoms with E-state index in [1.807, 2.05) is 0 Å². The molecule has 1 atom stereocenters. The lowest BCUT2D eigenvalue weighted by Crippen LogP contribution is -1.96. The van der Waals surface area contributed by atoms with Crippen LogP contribution in [0.3, 0.4) is 0 Å². The van der Waals surface area contributed by atoms with Gasteiger partial charge in [-0.05, 0) is 23.5 Å². The summed E-state index contributed by atoms with van der Waals surface area (Å²) in [7, 11) is 0. The summed E-state index contributed by atoms with van der Waals surface area (Å²) in [4.78, 5) is 0. The Morgan fingerprint density at radius 2 is 1.75 bits per heavy atom.